The Hall–Kier alpha value is -3.00. The Morgan fingerprint density at radius 1 is 1.20 bits per heavy atom. The van der Waals surface area contributed by atoms with E-state index in [1.165, 1.54) is 0 Å². The van der Waals surface area contributed by atoms with E-state index in [1.54, 1.807) is 13.0 Å². The van der Waals surface area contributed by atoms with Gasteiger partial charge in [-0.25, -0.2) is 4.79 Å². The van der Waals surface area contributed by atoms with Crippen LogP contribution in [0.4, 0.5) is 0 Å². The molecule has 25 heavy (non-hydrogen) atoms. The molecule has 0 unspecified atom stereocenters. The van der Waals surface area contributed by atoms with Crippen molar-refractivity contribution in [3.05, 3.63) is 52.9 Å². The number of ether oxygens (including phenoxy) is 2. The molecule has 0 saturated heterocycles. The van der Waals surface area contributed by atoms with Crippen molar-refractivity contribution in [2.75, 3.05) is 13.2 Å². The fourth-order valence-electron chi connectivity index (χ4n) is 2.69. The molecule has 130 valence electrons. The predicted octanol–water partition coefficient (Wildman–Crippen LogP) is 3.96. The number of esters is 1. The first kappa shape index (κ1) is 18.3. The second-order valence-electron chi connectivity index (χ2n) is 5.48. The Balaban J connectivity index is 2.41. The number of nitriles is 1. The van der Waals surface area contributed by atoms with E-state index in [-0.39, 0.29) is 12.2 Å². The minimum absolute atomic E-state index is 0.00575. The van der Waals surface area contributed by atoms with Crippen LogP contribution < -0.4 is 4.74 Å². The summed E-state index contributed by atoms with van der Waals surface area (Å²) in [6, 6.07) is 11.7. The minimum Gasteiger partial charge on any atom is -0.494 e. The van der Waals surface area contributed by atoms with Gasteiger partial charge in [0, 0.05) is 17.1 Å². The summed E-state index contributed by atoms with van der Waals surface area (Å²) in [5.41, 5.74) is 3.75. The van der Waals surface area contributed by atoms with E-state index >= 15 is 0 Å². The standard InChI is InChI=1S/C20H22N2O3/c1-5-24-19-9-7-18(8-10-19)22-14(3)11-16(15(22)4)12-17(13-21)20(23)25-6-2/h7-12H,5-6H2,1-4H3/b17-12+. The summed E-state index contributed by atoms with van der Waals surface area (Å²) in [4.78, 5) is 11.8. The topological polar surface area (TPSA) is 64.2 Å². The number of aromatic nitrogens is 1. The van der Waals surface area contributed by atoms with Gasteiger partial charge in [-0.3, -0.25) is 0 Å². The molecule has 0 spiro atoms. The molecular weight excluding hydrogens is 316 g/mol. The third-order valence-corrected chi connectivity index (χ3v) is 3.79. The van der Waals surface area contributed by atoms with Crippen LogP contribution in [0.3, 0.4) is 0 Å². The third-order valence-electron chi connectivity index (χ3n) is 3.79. The molecule has 5 heteroatoms. The van der Waals surface area contributed by atoms with Crippen LogP contribution in [0.15, 0.2) is 35.9 Å². The number of rotatable bonds is 6. The van der Waals surface area contributed by atoms with E-state index in [9.17, 15) is 10.1 Å². The van der Waals surface area contributed by atoms with Crippen molar-refractivity contribution in [1.29, 1.82) is 5.26 Å². The maximum atomic E-state index is 11.8. The lowest BCUT2D eigenvalue weighted by molar-refractivity contribution is -0.137. The summed E-state index contributed by atoms with van der Waals surface area (Å²) in [5, 5.41) is 9.21. The minimum atomic E-state index is -0.601. The third kappa shape index (κ3) is 4.10. The Morgan fingerprint density at radius 2 is 1.88 bits per heavy atom. The predicted molar refractivity (Wildman–Crippen MR) is 96.6 cm³/mol. The lowest BCUT2D eigenvalue weighted by atomic mass is 10.1. The van der Waals surface area contributed by atoms with E-state index in [0.29, 0.717) is 6.61 Å². The highest BCUT2D eigenvalue weighted by molar-refractivity contribution is 5.98. The summed E-state index contributed by atoms with van der Waals surface area (Å²) in [6.07, 6.45) is 1.57. The number of hydrogen-bond donors (Lipinski definition) is 0. The van der Waals surface area contributed by atoms with Crippen LogP contribution in [0.25, 0.3) is 11.8 Å². The molecule has 0 bridgehead atoms. The van der Waals surface area contributed by atoms with E-state index in [1.807, 2.05) is 57.2 Å². The van der Waals surface area contributed by atoms with Crippen LogP contribution in [-0.4, -0.2) is 23.8 Å². The van der Waals surface area contributed by atoms with Crippen LogP contribution in [0.2, 0.25) is 0 Å². The van der Waals surface area contributed by atoms with Gasteiger partial charge in [-0.15, -0.1) is 0 Å². The van der Waals surface area contributed by atoms with Crippen molar-refractivity contribution in [2.45, 2.75) is 27.7 Å². The van der Waals surface area contributed by atoms with Crippen molar-refractivity contribution >= 4 is 12.0 Å². The average Bonchev–Trinajstić information content (AvgIpc) is 2.87. The van der Waals surface area contributed by atoms with E-state index in [0.717, 1.165) is 28.4 Å². The second-order valence-corrected chi connectivity index (χ2v) is 5.48. The fourth-order valence-corrected chi connectivity index (χ4v) is 2.69. The van der Waals surface area contributed by atoms with Crippen molar-refractivity contribution in [1.82, 2.24) is 4.57 Å². The lowest BCUT2D eigenvalue weighted by Gasteiger charge is -2.11. The number of carbonyl (C=O) groups excluding carboxylic acids is 1. The highest BCUT2D eigenvalue weighted by Crippen LogP contribution is 2.24. The maximum Gasteiger partial charge on any atom is 0.348 e. The van der Waals surface area contributed by atoms with Crippen LogP contribution in [0.1, 0.15) is 30.8 Å². The largest absolute Gasteiger partial charge is 0.494 e. The SMILES string of the molecule is CCOC(=O)/C(C#N)=C/c1cc(C)n(-c2ccc(OCC)cc2)c1C. The van der Waals surface area contributed by atoms with Gasteiger partial charge in [-0.05, 0) is 69.7 Å². The molecule has 0 aliphatic heterocycles. The molecule has 0 fully saturated rings. The first-order valence-electron chi connectivity index (χ1n) is 8.22. The Bertz CT molecular complexity index is 824. The number of benzene rings is 1. The van der Waals surface area contributed by atoms with Crippen molar-refractivity contribution in [3.8, 4) is 17.5 Å². The zero-order chi connectivity index (χ0) is 18.4. The summed E-state index contributed by atoms with van der Waals surface area (Å²) >= 11 is 0. The van der Waals surface area contributed by atoms with Crippen LogP contribution >= 0.6 is 0 Å². The average molecular weight is 338 g/mol. The first-order chi connectivity index (χ1) is 12.0. The number of nitrogens with zero attached hydrogens (tertiary/aromatic N) is 2. The van der Waals surface area contributed by atoms with Gasteiger partial charge < -0.3 is 14.0 Å². The Morgan fingerprint density at radius 3 is 2.44 bits per heavy atom. The van der Waals surface area contributed by atoms with Gasteiger partial charge in [-0.2, -0.15) is 5.26 Å². The van der Waals surface area contributed by atoms with Gasteiger partial charge in [0.2, 0.25) is 0 Å². The molecule has 1 aromatic heterocycles. The van der Waals surface area contributed by atoms with Gasteiger partial charge in [0.1, 0.15) is 17.4 Å². The monoisotopic (exact) mass is 338 g/mol. The smallest absolute Gasteiger partial charge is 0.348 e. The van der Waals surface area contributed by atoms with Crippen molar-refractivity contribution in [3.63, 3.8) is 0 Å². The van der Waals surface area contributed by atoms with Gasteiger partial charge in [0.15, 0.2) is 0 Å². The summed E-state index contributed by atoms with van der Waals surface area (Å²) in [6.45, 7) is 8.46. The molecule has 5 nitrogen and oxygen atoms in total. The zero-order valence-electron chi connectivity index (χ0n) is 15.0. The van der Waals surface area contributed by atoms with Crippen molar-refractivity contribution < 1.29 is 14.3 Å². The quantitative estimate of drug-likeness (QED) is 0.454. The highest BCUT2D eigenvalue weighted by Gasteiger charge is 2.14. The van der Waals surface area contributed by atoms with E-state index < -0.39 is 5.97 Å². The molecule has 0 radical (unpaired) electrons. The molecule has 2 aromatic rings. The Labute approximate surface area is 148 Å². The van der Waals surface area contributed by atoms with Gasteiger partial charge in [0.05, 0.1) is 13.2 Å². The second kappa shape index (κ2) is 8.20. The number of carbonyl (C=O) groups is 1. The molecule has 1 aromatic carbocycles. The molecule has 0 amide bonds. The number of hydrogen-bond acceptors (Lipinski definition) is 4. The normalized spacial score (nSPS) is 11.1. The molecule has 0 aliphatic carbocycles. The van der Waals surface area contributed by atoms with Gasteiger partial charge in [-0.1, -0.05) is 0 Å². The maximum absolute atomic E-state index is 11.8. The molecule has 0 aliphatic rings. The lowest BCUT2D eigenvalue weighted by Crippen LogP contribution is -2.06. The van der Waals surface area contributed by atoms with Gasteiger partial charge in [0.25, 0.3) is 0 Å². The number of aryl methyl sites for hydroxylation is 1. The first-order valence-corrected chi connectivity index (χ1v) is 8.22. The Kier molecular flexibility index (Phi) is 6.02. The molecule has 0 N–H and O–H groups in total. The molecule has 1 heterocycles. The fraction of sp³-hybridized carbons (Fsp3) is 0.300. The zero-order valence-corrected chi connectivity index (χ0v) is 15.0. The van der Waals surface area contributed by atoms with Crippen LogP contribution in [-0.2, 0) is 9.53 Å². The summed E-state index contributed by atoms with van der Waals surface area (Å²) in [5.74, 6) is 0.221. The van der Waals surface area contributed by atoms with Gasteiger partial charge >= 0.3 is 5.97 Å². The summed E-state index contributed by atoms with van der Waals surface area (Å²) in [7, 11) is 0. The van der Waals surface area contributed by atoms with Crippen molar-refractivity contribution in [2.24, 2.45) is 0 Å². The molecule has 2 rings (SSSR count). The highest BCUT2D eigenvalue weighted by atomic mass is 16.5. The molecule has 0 atom stereocenters. The van der Waals surface area contributed by atoms with E-state index in [4.69, 9.17) is 9.47 Å². The molecule has 0 saturated carbocycles. The molecular formula is C20H22N2O3. The van der Waals surface area contributed by atoms with E-state index in [2.05, 4.69) is 4.57 Å². The van der Waals surface area contributed by atoms with Crippen LogP contribution in [0, 0.1) is 25.2 Å². The summed E-state index contributed by atoms with van der Waals surface area (Å²) < 4.78 is 12.5. The van der Waals surface area contributed by atoms with Crippen LogP contribution in [0.5, 0.6) is 5.75 Å².